The molecule has 0 saturated carbocycles. The number of aromatic nitrogens is 1. The highest BCUT2D eigenvalue weighted by atomic mass is 15.1. The number of nitrogens with zero attached hydrogens (tertiary/aromatic N) is 2. The average molecular weight is 679 g/mol. The van der Waals surface area contributed by atoms with Gasteiger partial charge in [0.25, 0.3) is 0 Å². The number of fused-ring (bicyclic) bond motifs is 6. The molecule has 0 spiro atoms. The summed E-state index contributed by atoms with van der Waals surface area (Å²) in [6.45, 7) is 4.70. The molecule has 9 aromatic rings. The van der Waals surface area contributed by atoms with Gasteiger partial charge >= 0.3 is 0 Å². The molecule has 53 heavy (non-hydrogen) atoms. The van der Waals surface area contributed by atoms with E-state index in [1.165, 1.54) is 66.3 Å². The molecule has 8 aromatic carbocycles. The van der Waals surface area contributed by atoms with Gasteiger partial charge in [0.05, 0.1) is 11.0 Å². The van der Waals surface area contributed by atoms with Gasteiger partial charge in [0.1, 0.15) is 0 Å². The zero-order valence-corrected chi connectivity index (χ0v) is 29.9. The summed E-state index contributed by atoms with van der Waals surface area (Å²) in [6, 6.07) is 70.8. The van der Waals surface area contributed by atoms with E-state index >= 15 is 0 Å². The molecule has 10 rings (SSSR count). The fraction of sp³-hybridized carbons (Fsp3) is 0.0588. The van der Waals surface area contributed by atoms with Crippen molar-refractivity contribution in [3.8, 4) is 39.1 Å². The Morgan fingerprint density at radius 1 is 0.377 bits per heavy atom. The number of rotatable bonds is 6. The Balaban J connectivity index is 1.07. The van der Waals surface area contributed by atoms with Gasteiger partial charge in [0, 0.05) is 38.9 Å². The normalized spacial score (nSPS) is 12.9. The molecule has 0 N–H and O–H groups in total. The van der Waals surface area contributed by atoms with Gasteiger partial charge in [-0.15, -0.1) is 0 Å². The van der Waals surface area contributed by atoms with Crippen molar-refractivity contribution in [2.45, 2.75) is 19.3 Å². The summed E-state index contributed by atoms with van der Waals surface area (Å²) >= 11 is 0. The molecule has 1 aromatic heterocycles. The van der Waals surface area contributed by atoms with Gasteiger partial charge in [-0.1, -0.05) is 147 Å². The highest BCUT2D eigenvalue weighted by Crippen LogP contribution is 2.50. The van der Waals surface area contributed by atoms with Gasteiger partial charge in [0.2, 0.25) is 0 Å². The molecule has 0 radical (unpaired) electrons. The van der Waals surface area contributed by atoms with Crippen LogP contribution in [0.25, 0.3) is 60.9 Å². The van der Waals surface area contributed by atoms with Gasteiger partial charge in [0.15, 0.2) is 0 Å². The summed E-state index contributed by atoms with van der Waals surface area (Å²) in [5, 5.41) is 2.54. The maximum Gasteiger partial charge on any atom is 0.0541 e. The standard InChI is InChI=1S/C51H38N2/c1-51(2)47-17-9-6-14-43(47)44-33-32-42(34-48(44)51)52(39-26-24-38(25-27-39)37-22-20-36(21-23-37)35-12-4-3-5-13-35)40-28-30-41(31-29-40)53-49-18-10-7-15-45(49)46-16-8-11-19-50(46)53/h3-34H,1-2H3. The van der Waals surface area contributed by atoms with Crippen molar-refractivity contribution in [2.24, 2.45) is 0 Å². The van der Waals surface area contributed by atoms with Crippen molar-refractivity contribution in [2.75, 3.05) is 4.90 Å². The molecular formula is C51H38N2. The van der Waals surface area contributed by atoms with Crippen molar-refractivity contribution in [3.63, 3.8) is 0 Å². The molecule has 0 fully saturated rings. The second-order valence-corrected chi connectivity index (χ2v) is 14.6. The summed E-state index contributed by atoms with van der Waals surface area (Å²) < 4.78 is 2.38. The Bertz CT molecular complexity index is 2720. The minimum Gasteiger partial charge on any atom is -0.310 e. The number of hydrogen-bond donors (Lipinski definition) is 0. The number of anilines is 3. The largest absolute Gasteiger partial charge is 0.310 e. The predicted molar refractivity (Wildman–Crippen MR) is 224 cm³/mol. The maximum absolute atomic E-state index is 2.41. The number of hydrogen-bond acceptors (Lipinski definition) is 1. The first-order valence-electron chi connectivity index (χ1n) is 18.4. The minimum atomic E-state index is -0.0935. The lowest BCUT2D eigenvalue weighted by Gasteiger charge is -2.28. The molecular weight excluding hydrogens is 641 g/mol. The van der Waals surface area contributed by atoms with Crippen LogP contribution in [-0.4, -0.2) is 4.57 Å². The van der Waals surface area contributed by atoms with E-state index in [4.69, 9.17) is 0 Å². The molecule has 1 aliphatic rings. The van der Waals surface area contributed by atoms with Crippen LogP contribution >= 0.6 is 0 Å². The van der Waals surface area contributed by atoms with Crippen LogP contribution < -0.4 is 4.90 Å². The molecule has 0 saturated heterocycles. The van der Waals surface area contributed by atoms with Crippen LogP contribution in [0.5, 0.6) is 0 Å². The van der Waals surface area contributed by atoms with E-state index in [1.54, 1.807) is 0 Å². The van der Waals surface area contributed by atoms with E-state index in [1.807, 2.05) is 0 Å². The van der Waals surface area contributed by atoms with Crippen LogP contribution in [0.1, 0.15) is 25.0 Å². The van der Waals surface area contributed by atoms with Gasteiger partial charge in [-0.05, 0) is 105 Å². The molecule has 0 bridgehead atoms. The maximum atomic E-state index is 2.41. The lowest BCUT2D eigenvalue weighted by atomic mass is 9.82. The van der Waals surface area contributed by atoms with E-state index in [-0.39, 0.29) is 5.41 Å². The summed E-state index contributed by atoms with van der Waals surface area (Å²) in [6.07, 6.45) is 0. The summed E-state index contributed by atoms with van der Waals surface area (Å²) in [7, 11) is 0. The van der Waals surface area contributed by atoms with E-state index < -0.39 is 0 Å². The third-order valence-corrected chi connectivity index (χ3v) is 11.2. The zero-order valence-electron chi connectivity index (χ0n) is 29.9. The van der Waals surface area contributed by atoms with Gasteiger partial charge in [-0.2, -0.15) is 0 Å². The molecule has 0 atom stereocenters. The molecule has 0 amide bonds. The van der Waals surface area contributed by atoms with Crippen LogP contribution in [0.4, 0.5) is 17.1 Å². The summed E-state index contributed by atoms with van der Waals surface area (Å²) in [5.74, 6) is 0. The minimum absolute atomic E-state index is 0.0935. The molecule has 1 heterocycles. The molecule has 0 unspecified atom stereocenters. The van der Waals surface area contributed by atoms with Gasteiger partial charge < -0.3 is 9.47 Å². The first-order valence-corrected chi connectivity index (χ1v) is 18.4. The third kappa shape index (κ3) is 5.10. The van der Waals surface area contributed by atoms with E-state index in [0.717, 1.165) is 22.7 Å². The van der Waals surface area contributed by atoms with Crippen molar-refractivity contribution >= 4 is 38.9 Å². The highest BCUT2D eigenvalue weighted by molar-refractivity contribution is 6.09. The van der Waals surface area contributed by atoms with Crippen LogP contribution in [0.2, 0.25) is 0 Å². The monoisotopic (exact) mass is 678 g/mol. The molecule has 0 aliphatic heterocycles. The molecule has 2 nitrogen and oxygen atoms in total. The average Bonchev–Trinajstić information content (AvgIpc) is 3.67. The highest BCUT2D eigenvalue weighted by Gasteiger charge is 2.35. The quantitative estimate of drug-likeness (QED) is 0.170. The second-order valence-electron chi connectivity index (χ2n) is 14.6. The third-order valence-electron chi connectivity index (χ3n) is 11.2. The Hall–Kier alpha value is -6.64. The lowest BCUT2D eigenvalue weighted by Crippen LogP contribution is -2.16. The fourth-order valence-corrected chi connectivity index (χ4v) is 8.52. The van der Waals surface area contributed by atoms with Crippen LogP contribution in [0, 0.1) is 0 Å². The Morgan fingerprint density at radius 3 is 1.45 bits per heavy atom. The Labute approximate surface area is 310 Å². The Kier molecular flexibility index (Phi) is 7.19. The zero-order chi connectivity index (χ0) is 35.5. The number of benzene rings is 8. The summed E-state index contributed by atoms with van der Waals surface area (Å²) in [5.41, 5.74) is 17.1. The molecule has 1 aliphatic carbocycles. The lowest BCUT2D eigenvalue weighted by molar-refractivity contribution is 0.660. The second kappa shape index (κ2) is 12.3. The summed E-state index contributed by atoms with van der Waals surface area (Å²) in [4.78, 5) is 2.40. The van der Waals surface area contributed by atoms with E-state index in [0.29, 0.717) is 0 Å². The topological polar surface area (TPSA) is 8.17 Å². The first-order chi connectivity index (χ1) is 26.0. The van der Waals surface area contributed by atoms with Crippen molar-refractivity contribution < 1.29 is 0 Å². The SMILES string of the molecule is CC1(C)c2ccccc2-c2ccc(N(c3ccc(-c4ccc(-c5ccccc5)cc4)cc3)c3ccc(-n4c5ccccc5c5ccccc54)cc3)cc21. The first kappa shape index (κ1) is 31.1. The Morgan fingerprint density at radius 2 is 0.830 bits per heavy atom. The van der Waals surface area contributed by atoms with Crippen molar-refractivity contribution in [1.82, 2.24) is 4.57 Å². The smallest absolute Gasteiger partial charge is 0.0541 e. The van der Waals surface area contributed by atoms with E-state index in [2.05, 4.69) is 217 Å². The van der Waals surface area contributed by atoms with E-state index in [9.17, 15) is 0 Å². The van der Waals surface area contributed by atoms with Crippen LogP contribution in [0.3, 0.4) is 0 Å². The van der Waals surface area contributed by atoms with Crippen molar-refractivity contribution in [1.29, 1.82) is 0 Å². The fourth-order valence-electron chi connectivity index (χ4n) is 8.52. The molecule has 2 heteroatoms. The number of para-hydroxylation sites is 2. The van der Waals surface area contributed by atoms with Crippen LogP contribution in [-0.2, 0) is 5.41 Å². The van der Waals surface area contributed by atoms with Crippen molar-refractivity contribution in [3.05, 3.63) is 205 Å². The molecule has 252 valence electrons. The van der Waals surface area contributed by atoms with Crippen LogP contribution in [0.15, 0.2) is 194 Å². The van der Waals surface area contributed by atoms with Gasteiger partial charge in [-0.25, -0.2) is 0 Å². The van der Waals surface area contributed by atoms with Gasteiger partial charge in [-0.3, -0.25) is 0 Å². The predicted octanol–water partition coefficient (Wildman–Crippen LogP) is 13.9.